The van der Waals surface area contributed by atoms with Crippen LogP contribution < -0.4 is 10.1 Å². The van der Waals surface area contributed by atoms with Gasteiger partial charge in [-0.15, -0.1) is 10.2 Å². The third-order valence-electron chi connectivity index (χ3n) is 5.76. The summed E-state index contributed by atoms with van der Waals surface area (Å²) in [5.74, 6) is 0.476. The van der Waals surface area contributed by atoms with Gasteiger partial charge in [-0.3, -0.25) is 9.59 Å². The van der Waals surface area contributed by atoms with Crippen molar-refractivity contribution < 1.29 is 14.3 Å². The molecule has 8 heteroatoms. The van der Waals surface area contributed by atoms with Gasteiger partial charge in [0.2, 0.25) is 16.9 Å². The molecule has 1 aliphatic carbocycles. The maximum absolute atomic E-state index is 12.7. The molecule has 1 aromatic carbocycles. The number of nitrogens with zero attached hydrogens (tertiary/aromatic N) is 3. The Morgan fingerprint density at radius 3 is 2.69 bits per heavy atom. The predicted molar refractivity (Wildman–Crippen MR) is 111 cm³/mol. The Morgan fingerprint density at radius 2 is 1.97 bits per heavy atom. The normalized spacial score (nSPS) is 20.1. The lowest BCUT2D eigenvalue weighted by molar-refractivity contribution is -0.130. The minimum absolute atomic E-state index is 0.106. The molecule has 0 radical (unpaired) electrons. The van der Waals surface area contributed by atoms with E-state index >= 15 is 0 Å². The molecule has 2 fully saturated rings. The minimum Gasteiger partial charge on any atom is -0.497 e. The summed E-state index contributed by atoms with van der Waals surface area (Å²) >= 11 is 1.37. The molecule has 1 aliphatic heterocycles. The van der Waals surface area contributed by atoms with E-state index in [-0.39, 0.29) is 17.7 Å². The monoisotopic (exact) mass is 414 g/mol. The number of carbonyl (C=O) groups is 2. The van der Waals surface area contributed by atoms with Crippen molar-refractivity contribution in [3.8, 4) is 5.75 Å². The summed E-state index contributed by atoms with van der Waals surface area (Å²) in [5, 5.41) is 12.5. The van der Waals surface area contributed by atoms with Crippen LogP contribution >= 0.6 is 11.3 Å². The maximum atomic E-state index is 12.7. The molecular weight excluding hydrogens is 388 g/mol. The van der Waals surface area contributed by atoms with Crippen LogP contribution in [0.3, 0.4) is 0 Å². The minimum atomic E-state index is -0.307. The van der Waals surface area contributed by atoms with Crippen molar-refractivity contribution in [1.82, 2.24) is 15.1 Å². The highest BCUT2D eigenvalue weighted by molar-refractivity contribution is 7.15. The zero-order valence-electron chi connectivity index (χ0n) is 16.6. The topological polar surface area (TPSA) is 84.4 Å². The van der Waals surface area contributed by atoms with Gasteiger partial charge in [0.15, 0.2) is 0 Å². The number of anilines is 1. The molecule has 0 spiro atoms. The Labute approximate surface area is 174 Å². The molecular formula is C21H26N4O3S. The summed E-state index contributed by atoms with van der Waals surface area (Å²) in [6, 6.07) is 8.11. The number of amides is 2. The van der Waals surface area contributed by atoms with Crippen molar-refractivity contribution in [1.29, 1.82) is 0 Å². The largest absolute Gasteiger partial charge is 0.497 e. The maximum Gasteiger partial charge on any atom is 0.231 e. The molecule has 0 bridgehead atoms. The first-order valence-electron chi connectivity index (χ1n) is 10.2. The Hall–Kier alpha value is -2.48. The molecule has 2 amide bonds. The summed E-state index contributed by atoms with van der Waals surface area (Å²) in [6.07, 6.45) is 6.66. The number of benzene rings is 1. The van der Waals surface area contributed by atoms with E-state index in [1.807, 2.05) is 29.2 Å². The smallest absolute Gasteiger partial charge is 0.231 e. The van der Waals surface area contributed by atoms with Crippen molar-refractivity contribution in [2.75, 3.05) is 19.0 Å². The van der Waals surface area contributed by atoms with Crippen LogP contribution in [0.5, 0.6) is 5.75 Å². The SMILES string of the molecule is COc1ccc(Cc2nnc(NC(=O)[C@@H]3CC(=O)N(C4CCCCC4)C3)s2)cc1. The quantitative estimate of drug-likeness (QED) is 0.784. The number of likely N-dealkylation sites (tertiary alicyclic amines) is 1. The van der Waals surface area contributed by atoms with Gasteiger partial charge in [0, 0.05) is 25.4 Å². The summed E-state index contributed by atoms with van der Waals surface area (Å²) in [4.78, 5) is 27.0. The van der Waals surface area contributed by atoms with Gasteiger partial charge < -0.3 is 15.0 Å². The van der Waals surface area contributed by atoms with E-state index in [2.05, 4.69) is 15.5 Å². The standard InChI is InChI=1S/C21H26N4O3S/c1-28-17-9-7-14(8-10-17)11-18-23-24-21(29-18)22-20(27)15-12-19(26)25(13-15)16-5-3-2-4-6-16/h7-10,15-16H,2-6,11-13H2,1H3,(H,22,24,27)/t15-/m1/s1. The highest BCUT2D eigenvalue weighted by Gasteiger charge is 2.38. The molecule has 2 heterocycles. The van der Waals surface area contributed by atoms with Crippen LogP contribution in [0.15, 0.2) is 24.3 Å². The summed E-state index contributed by atoms with van der Waals surface area (Å²) in [5.41, 5.74) is 1.10. The van der Waals surface area contributed by atoms with Crippen LogP contribution in [-0.2, 0) is 16.0 Å². The van der Waals surface area contributed by atoms with Crippen LogP contribution in [0.25, 0.3) is 0 Å². The number of hydrogen-bond acceptors (Lipinski definition) is 6. The van der Waals surface area contributed by atoms with E-state index < -0.39 is 0 Å². The molecule has 2 aromatic rings. The predicted octanol–water partition coefficient (Wildman–Crippen LogP) is 3.26. The third-order valence-corrected chi connectivity index (χ3v) is 6.59. The Kier molecular flexibility index (Phi) is 6.08. The third kappa shape index (κ3) is 4.75. The van der Waals surface area contributed by atoms with Gasteiger partial charge >= 0.3 is 0 Å². The first kappa shape index (κ1) is 19.8. The number of rotatable bonds is 6. The molecule has 7 nitrogen and oxygen atoms in total. The van der Waals surface area contributed by atoms with E-state index in [1.165, 1.54) is 30.6 Å². The molecule has 1 saturated heterocycles. The first-order valence-corrected chi connectivity index (χ1v) is 11.0. The molecule has 1 saturated carbocycles. The fraction of sp³-hybridized carbons (Fsp3) is 0.524. The van der Waals surface area contributed by atoms with Gasteiger partial charge in [-0.05, 0) is 30.5 Å². The Bertz CT molecular complexity index is 861. The van der Waals surface area contributed by atoms with Crippen LogP contribution in [0, 0.1) is 5.92 Å². The number of ether oxygens (including phenoxy) is 1. The van der Waals surface area contributed by atoms with E-state index in [1.54, 1.807) is 7.11 Å². The molecule has 2 aliphatic rings. The molecule has 1 N–H and O–H groups in total. The number of aromatic nitrogens is 2. The second kappa shape index (κ2) is 8.90. The number of carbonyl (C=O) groups excluding carboxylic acids is 2. The van der Waals surface area contributed by atoms with Crippen molar-refractivity contribution in [3.63, 3.8) is 0 Å². The molecule has 29 heavy (non-hydrogen) atoms. The summed E-state index contributed by atoms with van der Waals surface area (Å²) in [7, 11) is 1.64. The fourth-order valence-electron chi connectivity index (χ4n) is 4.15. The van der Waals surface area contributed by atoms with Gasteiger partial charge in [-0.25, -0.2) is 0 Å². The van der Waals surface area contributed by atoms with Gasteiger partial charge in [-0.1, -0.05) is 42.7 Å². The Morgan fingerprint density at radius 1 is 1.21 bits per heavy atom. The molecule has 1 aromatic heterocycles. The van der Waals surface area contributed by atoms with Crippen molar-refractivity contribution in [2.24, 2.45) is 5.92 Å². The zero-order valence-corrected chi connectivity index (χ0v) is 17.4. The van der Waals surface area contributed by atoms with Crippen LogP contribution in [-0.4, -0.2) is 46.6 Å². The summed E-state index contributed by atoms with van der Waals surface area (Å²) < 4.78 is 5.17. The summed E-state index contributed by atoms with van der Waals surface area (Å²) in [6.45, 7) is 0.521. The number of nitrogens with one attached hydrogen (secondary N) is 1. The Balaban J connectivity index is 1.32. The van der Waals surface area contributed by atoms with Gasteiger partial charge in [0.05, 0.1) is 13.0 Å². The molecule has 4 rings (SSSR count). The van der Waals surface area contributed by atoms with E-state index in [9.17, 15) is 9.59 Å². The molecule has 154 valence electrons. The number of hydrogen-bond donors (Lipinski definition) is 1. The fourth-order valence-corrected chi connectivity index (χ4v) is 4.93. The van der Waals surface area contributed by atoms with E-state index in [0.29, 0.717) is 30.6 Å². The second-order valence-corrected chi connectivity index (χ2v) is 8.82. The van der Waals surface area contributed by atoms with Crippen LogP contribution in [0.2, 0.25) is 0 Å². The van der Waals surface area contributed by atoms with Crippen molar-refractivity contribution in [3.05, 3.63) is 34.8 Å². The van der Waals surface area contributed by atoms with Gasteiger partial charge in [0.1, 0.15) is 10.8 Å². The lowest BCUT2D eigenvalue weighted by Gasteiger charge is -2.31. The lowest BCUT2D eigenvalue weighted by atomic mass is 9.94. The first-order chi connectivity index (χ1) is 14.1. The number of methoxy groups -OCH3 is 1. The van der Waals surface area contributed by atoms with Crippen LogP contribution in [0.1, 0.15) is 49.1 Å². The van der Waals surface area contributed by atoms with Gasteiger partial charge in [-0.2, -0.15) is 0 Å². The molecule has 1 atom stereocenters. The van der Waals surface area contributed by atoms with E-state index in [4.69, 9.17) is 4.74 Å². The zero-order chi connectivity index (χ0) is 20.2. The second-order valence-electron chi connectivity index (χ2n) is 7.75. The van der Waals surface area contributed by atoms with Crippen molar-refractivity contribution in [2.45, 2.75) is 51.0 Å². The van der Waals surface area contributed by atoms with Gasteiger partial charge in [0.25, 0.3) is 0 Å². The average Bonchev–Trinajstić information content (AvgIpc) is 3.35. The van der Waals surface area contributed by atoms with Crippen molar-refractivity contribution >= 4 is 28.3 Å². The average molecular weight is 415 g/mol. The lowest BCUT2D eigenvalue weighted by Crippen LogP contribution is -2.38. The highest BCUT2D eigenvalue weighted by atomic mass is 32.1. The van der Waals surface area contributed by atoms with Crippen LogP contribution in [0.4, 0.5) is 5.13 Å². The van der Waals surface area contributed by atoms with E-state index in [0.717, 1.165) is 29.2 Å². The highest BCUT2D eigenvalue weighted by Crippen LogP contribution is 2.29. The molecule has 0 unspecified atom stereocenters.